The van der Waals surface area contributed by atoms with Gasteiger partial charge >= 0.3 is 0 Å². The van der Waals surface area contributed by atoms with Crippen LogP contribution in [0, 0.1) is 46.3 Å². The average Bonchev–Trinajstić information content (AvgIpc) is 2.52. The fourth-order valence-electron chi connectivity index (χ4n) is 9.28. The van der Waals surface area contributed by atoms with Crippen molar-refractivity contribution in [1.82, 2.24) is 0 Å². The molecule has 1 unspecified atom stereocenters. The van der Waals surface area contributed by atoms with Crippen molar-refractivity contribution in [2.45, 2.75) is 96.9 Å². The van der Waals surface area contributed by atoms with E-state index in [1.54, 1.807) is 0 Å². The molecule has 0 aromatic rings. The van der Waals surface area contributed by atoms with E-state index in [2.05, 4.69) is 6.92 Å². The zero-order valence-electron chi connectivity index (χ0n) is 17.0. The smallest absolute Gasteiger partial charge is 0.135 e. The molecule has 8 aliphatic rings. The van der Waals surface area contributed by atoms with Gasteiger partial charge in [0.15, 0.2) is 0 Å². The Hall–Kier alpha value is -0.370. The number of Topliss-reactive ketones (excluding diaryl/α,β-unsaturated/α-hetero) is 1. The van der Waals surface area contributed by atoms with Gasteiger partial charge in [0.2, 0.25) is 0 Å². The topological polar surface area (TPSA) is 43.1 Å². The molecule has 146 valence electrons. The molecule has 2 heteroatoms. The highest BCUT2D eigenvalue weighted by Gasteiger charge is 2.53. The van der Waals surface area contributed by atoms with Crippen LogP contribution < -0.4 is 5.73 Å². The molecule has 0 aromatic heterocycles. The number of hydrogen-bond donors (Lipinski definition) is 1. The van der Waals surface area contributed by atoms with Crippen LogP contribution in [0.5, 0.6) is 0 Å². The molecular formula is C24H39NO. The van der Waals surface area contributed by atoms with E-state index in [4.69, 9.17) is 5.73 Å². The van der Waals surface area contributed by atoms with E-state index < -0.39 is 0 Å². The Kier molecular flexibility index (Phi) is 4.13. The summed E-state index contributed by atoms with van der Waals surface area (Å²) in [5.41, 5.74) is 6.93. The molecule has 2 N–H and O–H groups in total. The van der Waals surface area contributed by atoms with Gasteiger partial charge in [-0.25, -0.2) is 0 Å². The van der Waals surface area contributed by atoms with Crippen molar-refractivity contribution < 1.29 is 4.79 Å². The van der Waals surface area contributed by atoms with E-state index in [-0.39, 0.29) is 5.41 Å². The first-order valence-electron chi connectivity index (χ1n) is 11.6. The lowest BCUT2D eigenvalue weighted by molar-refractivity contribution is -0.141. The van der Waals surface area contributed by atoms with Gasteiger partial charge in [0.1, 0.15) is 5.78 Å². The lowest BCUT2D eigenvalue weighted by atomic mass is 9.48. The summed E-state index contributed by atoms with van der Waals surface area (Å²) in [5.74, 6) is 6.39. The lowest BCUT2D eigenvalue weighted by Gasteiger charge is -2.58. The number of ketones is 1. The third-order valence-electron chi connectivity index (χ3n) is 9.84. The largest absolute Gasteiger partial charge is 0.327 e. The molecule has 0 heterocycles. The van der Waals surface area contributed by atoms with Crippen molar-refractivity contribution in [3.05, 3.63) is 0 Å². The van der Waals surface area contributed by atoms with E-state index in [9.17, 15) is 4.79 Å². The highest BCUT2D eigenvalue weighted by molar-refractivity contribution is 5.82. The van der Waals surface area contributed by atoms with E-state index in [0.717, 1.165) is 35.5 Å². The summed E-state index contributed by atoms with van der Waals surface area (Å²) in [6.07, 6.45) is 17.0. The first kappa shape index (κ1) is 17.7. The molecule has 8 saturated carbocycles. The number of hydrogen-bond acceptors (Lipinski definition) is 2. The Morgan fingerprint density at radius 1 is 0.731 bits per heavy atom. The summed E-state index contributed by atoms with van der Waals surface area (Å²) in [6.45, 7) is 4.07. The summed E-state index contributed by atoms with van der Waals surface area (Å²) in [4.78, 5) is 11.7. The molecule has 0 aliphatic heterocycles. The van der Waals surface area contributed by atoms with E-state index >= 15 is 0 Å². The van der Waals surface area contributed by atoms with Gasteiger partial charge in [-0.2, -0.15) is 0 Å². The molecule has 8 fully saturated rings. The SMILES string of the molecule is CC(=O)C12CC3CC(CC(C3)C1)C2.CC(N)C12CC3CC(CC(C3)C1)C2. The summed E-state index contributed by atoms with van der Waals surface area (Å²) >= 11 is 0. The van der Waals surface area contributed by atoms with Crippen LogP contribution in [-0.4, -0.2) is 11.8 Å². The first-order valence-corrected chi connectivity index (χ1v) is 11.6. The summed E-state index contributed by atoms with van der Waals surface area (Å²) < 4.78 is 0. The van der Waals surface area contributed by atoms with Crippen molar-refractivity contribution >= 4 is 5.78 Å². The fourth-order valence-corrected chi connectivity index (χ4v) is 9.28. The third-order valence-corrected chi connectivity index (χ3v) is 9.84. The molecular weight excluding hydrogens is 318 g/mol. The van der Waals surface area contributed by atoms with Crippen LogP contribution in [0.1, 0.15) is 90.9 Å². The normalized spacial score (nSPS) is 54.0. The molecule has 8 bridgehead atoms. The first-order chi connectivity index (χ1) is 12.4. The molecule has 8 rings (SSSR count). The molecule has 0 amide bonds. The third kappa shape index (κ3) is 2.81. The second-order valence-corrected chi connectivity index (χ2v) is 11.8. The van der Waals surface area contributed by atoms with Gasteiger partial charge in [-0.05, 0) is 132 Å². The quantitative estimate of drug-likeness (QED) is 0.724. The molecule has 8 aliphatic carbocycles. The second kappa shape index (κ2) is 6.06. The Bertz CT molecular complexity index is 506. The Morgan fingerprint density at radius 3 is 1.31 bits per heavy atom. The molecule has 0 radical (unpaired) electrons. The van der Waals surface area contributed by atoms with E-state index in [0.29, 0.717) is 17.2 Å². The van der Waals surface area contributed by atoms with Crippen LogP contribution in [0.2, 0.25) is 0 Å². The van der Waals surface area contributed by atoms with Crippen molar-refractivity contribution in [3.63, 3.8) is 0 Å². The number of carbonyl (C=O) groups excluding carboxylic acids is 1. The van der Waals surface area contributed by atoms with Crippen molar-refractivity contribution in [2.75, 3.05) is 0 Å². The Labute approximate surface area is 160 Å². The minimum Gasteiger partial charge on any atom is -0.327 e. The highest BCUT2D eigenvalue weighted by atomic mass is 16.1. The van der Waals surface area contributed by atoms with Crippen molar-refractivity contribution in [1.29, 1.82) is 0 Å². The maximum atomic E-state index is 11.7. The number of rotatable bonds is 2. The van der Waals surface area contributed by atoms with Crippen LogP contribution in [0.15, 0.2) is 0 Å². The highest BCUT2D eigenvalue weighted by Crippen LogP contribution is 2.61. The van der Waals surface area contributed by atoms with Gasteiger partial charge in [0, 0.05) is 11.5 Å². The predicted molar refractivity (Wildman–Crippen MR) is 106 cm³/mol. The molecule has 0 spiro atoms. The van der Waals surface area contributed by atoms with Crippen molar-refractivity contribution in [3.8, 4) is 0 Å². The Balaban J connectivity index is 0.000000115. The monoisotopic (exact) mass is 357 g/mol. The summed E-state index contributed by atoms with van der Waals surface area (Å²) in [5, 5.41) is 0. The van der Waals surface area contributed by atoms with E-state index in [1.807, 2.05) is 6.92 Å². The van der Waals surface area contributed by atoms with Crippen LogP contribution >= 0.6 is 0 Å². The van der Waals surface area contributed by atoms with Crippen LogP contribution in [0.4, 0.5) is 0 Å². The average molecular weight is 358 g/mol. The van der Waals surface area contributed by atoms with Gasteiger partial charge in [-0.1, -0.05) is 0 Å². The molecule has 0 saturated heterocycles. The summed E-state index contributed by atoms with van der Waals surface area (Å²) in [7, 11) is 0. The standard InChI is InChI=1S/C12H21N.C12H18O/c2*1-8(13)12-5-9-2-10(6-12)4-11(3-9)7-12/h8-11H,2-7,13H2,1H3;9-11H,2-7H2,1H3. The van der Waals surface area contributed by atoms with Crippen molar-refractivity contribution in [2.24, 2.45) is 52.1 Å². The van der Waals surface area contributed by atoms with E-state index in [1.165, 1.54) is 77.0 Å². The zero-order chi connectivity index (χ0) is 18.1. The zero-order valence-corrected chi connectivity index (χ0v) is 17.0. The maximum absolute atomic E-state index is 11.7. The fraction of sp³-hybridized carbons (Fsp3) is 0.958. The van der Waals surface area contributed by atoms with Crippen LogP contribution in [-0.2, 0) is 4.79 Å². The van der Waals surface area contributed by atoms with Gasteiger partial charge in [-0.15, -0.1) is 0 Å². The Morgan fingerprint density at radius 2 is 1.04 bits per heavy atom. The van der Waals surface area contributed by atoms with Crippen LogP contribution in [0.25, 0.3) is 0 Å². The minimum atomic E-state index is 0.161. The lowest BCUT2D eigenvalue weighted by Crippen LogP contribution is -2.53. The van der Waals surface area contributed by atoms with Gasteiger partial charge in [-0.3, -0.25) is 4.79 Å². The predicted octanol–water partition coefficient (Wildman–Crippen LogP) is 5.34. The molecule has 0 aromatic carbocycles. The maximum Gasteiger partial charge on any atom is 0.135 e. The molecule has 1 atom stereocenters. The van der Waals surface area contributed by atoms with Crippen LogP contribution in [0.3, 0.4) is 0 Å². The number of nitrogens with two attached hydrogens (primary N) is 1. The van der Waals surface area contributed by atoms with Gasteiger partial charge < -0.3 is 5.73 Å². The second-order valence-electron chi connectivity index (χ2n) is 11.8. The molecule has 2 nitrogen and oxygen atoms in total. The van der Waals surface area contributed by atoms with Gasteiger partial charge in [0.05, 0.1) is 0 Å². The number of carbonyl (C=O) groups is 1. The minimum absolute atomic E-state index is 0.161. The molecule has 26 heavy (non-hydrogen) atoms. The summed E-state index contributed by atoms with van der Waals surface area (Å²) in [6, 6.07) is 0.445. The van der Waals surface area contributed by atoms with Gasteiger partial charge in [0.25, 0.3) is 0 Å².